The lowest BCUT2D eigenvalue weighted by Gasteiger charge is -2.12. The van der Waals surface area contributed by atoms with Gasteiger partial charge in [0.15, 0.2) is 0 Å². The zero-order valence-corrected chi connectivity index (χ0v) is 11.9. The van der Waals surface area contributed by atoms with Crippen molar-refractivity contribution >= 4 is 23.4 Å². The molecule has 6 nitrogen and oxygen atoms in total. The molecule has 0 radical (unpaired) electrons. The summed E-state index contributed by atoms with van der Waals surface area (Å²) in [5.74, 6) is 1.66. The fourth-order valence-electron chi connectivity index (χ4n) is 1.80. The predicted molar refractivity (Wildman–Crippen MR) is 78.2 cm³/mol. The van der Waals surface area contributed by atoms with Crippen molar-refractivity contribution < 1.29 is 9.47 Å². The second-order valence-corrected chi connectivity index (χ2v) is 4.50. The highest BCUT2D eigenvalue weighted by Crippen LogP contribution is 2.34. The van der Waals surface area contributed by atoms with Crippen molar-refractivity contribution in [3.05, 3.63) is 34.5 Å². The maximum absolute atomic E-state index is 6.28. The van der Waals surface area contributed by atoms with Crippen molar-refractivity contribution in [3.8, 4) is 11.5 Å². The molecule has 0 spiro atoms. The van der Waals surface area contributed by atoms with E-state index in [9.17, 15) is 0 Å². The molecule has 7 heteroatoms. The fourth-order valence-corrected chi connectivity index (χ4v) is 2.05. The zero-order valence-electron chi connectivity index (χ0n) is 11.2. The Labute approximate surface area is 121 Å². The Kier molecular flexibility index (Phi) is 4.14. The lowest BCUT2D eigenvalue weighted by atomic mass is 10.1. The SMILES string of the molecule is COc1cc(Cc2cnc(N)nc2N)c(Cl)c(OC)c1. The van der Waals surface area contributed by atoms with Crippen LogP contribution in [0.3, 0.4) is 0 Å². The number of hydrogen-bond acceptors (Lipinski definition) is 6. The highest BCUT2D eigenvalue weighted by atomic mass is 35.5. The smallest absolute Gasteiger partial charge is 0.221 e. The molecular weight excluding hydrogens is 280 g/mol. The number of nitrogens with two attached hydrogens (primary N) is 2. The van der Waals surface area contributed by atoms with E-state index in [4.69, 9.17) is 32.5 Å². The van der Waals surface area contributed by atoms with E-state index in [1.54, 1.807) is 26.5 Å². The van der Waals surface area contributed by atoms with Gasteiger partial charge in [-0.05, 0) is 11.6 Å². The molecule has 0 saturated heterocycles. The van der Waals surface area contributed by atoms with Gasteiger partial charge >= 0.3 is 0 Å². The first kappa shape index (κ1) is 14.2. The van der Waals surface area contributed by atoms with Crippen LogP contribution in [0.15, 0.2) is 18.3 Å². The Morgan fingerprint density at radius 3 is 2.50 bits per heavy atom. The van der Waals surface area contributed by atoms with E-state index < -0.39 is 0 Å². The maximum Gasteiger partial charge on any atom is 0.221 e. The summed E-state index contributed by atoms with van der Waals surface area (Å²) < 4.78 is 10.4. The van der Waals surface area contributed by atoms with Crippen LogP contribution in [0.2, 0.25) is 5.02 Å². The molecule has 0 bridgehead atoms. The first-order valence-electron chi connectivity index (χ1n) is 5.82. The van der Waals surface area contributed by atoms with Crippen LogP contribution >= 0.6 is 11.6 Å². The molecular formula is C13H15ClN4O2. The van der Waals surface area contributed by atoms with Crippen LogP contribution < -0.4 is 20.9 Å². The summed E-state index contributed by atoms with van der Waals surface area (Å²) in [4.78, 5) is 7.86. The molecule has 4 N–H and O–H groups in total. The number of hydrogen-bond donors (Lipinski definition) is 2. The number of rotatable bonds is 4. The molecule has 0 unspecified atom stereocenters. The van der Waals surface area contributed by atoms with Crippen molar-refractivity contribution in [2.45, 2.75) is 6.42 Å². The number of halogens is 1. The molecule has 2 rings (SSSR count). The minimum absolute atomic E-state index is 0.139. The Bertz CT molecular complexity index is 634. The van der Waals surface area contributed by atoms with Crippen molar-refractivity contribution in [1.29, 1.82) is 0 Å². The first-order valence-corrected chi connectivity index (χ1v) is 6.20. The minimum Gasteiger partial charge on any atom is -0.497 e. The molecule has 0 saturated carbocycles. The highest BCUT2D eigenvalue weighted by Gasteiger charge is 2.13. The van der Waals surface area contributed by atoms with E-state index in [2.05, 4.69) is 9.97 Å². The molecule has 106 valence electrons. The monoisotopic (exact) mass is 294 g/mol. The number of benzene rings is 1. The summed E-state index contributed by atoms with van der Waals surface area (Å²) >= 11 is 6.28. The molecule has 0 atom stereocenters. The number of methoxy groups -OCH3 is 2. The standard InChI is InChI=1S/C13H15ClN4O2/c1-19-9-4-7(11(14)10(5-9)20-2)3-8-6-17-13(16)18-12(8)15/h4-6H,3H2,1-2H3,(H4,15,16,17,18). The van der Waals surface area contributed by atoms with Gasteiger partial charge in [0.2, 0.25) is 5.95 Å². The average molecular weight is 295 g/mol. The van der Waals surface area contributed by atoms with Crippen molar-refractivity contribution in [2.75, 3.05) is 25.7 Å². The molecule has 0 amide bonds. The minimum atomic E-state index is 0.139. The maximum atomic E-state index is 6.28. The van der Waals surface area contributed by atoms with Gasteiger partial charge in [-0.1, -0.05) is 11.6 Å². The Morgan fingerprint density at radius 1 is 1.15 bits per heavy atom. The second kappa shape index (κ2) is 5.83. The van der Waals surface area contributed by atoms with Gasteiger partial charge in [0.25, 0.3) is 0 Å². The summed E-state index contributed by atoms with van der Waals surface area (Å²) in [5.41, 5.74) is 12.8. The molecule has 0 fully saturated rings. The van der Waals surface area contributed by atoms with Gasteiger partial charge < -0.3 is 20.9 Å². The third-order valence-corrected chi connectivity index (χ3v) is 3.27. The number of aromatic nitrogens is 2. The molecule has 0 aliphatic carbocycles. The zero-order chi connectivity index (χ0) is 14.7. The summed E-state index contributed by atoms with van der Waals surface area (Å²) in [6.07, 6.45) is 2.04. The van der Waals surface area contributed by atoms with Gasteiger partial charge in [-0.2, -0.15) is 4.98 Å². The normalized spacial score (nSPS) is 10.3. The number of ether oxygens (including phenoxy) is 2. The predicted octanol–water partition coefficient (Wildman–Crippen LogP) is 1.90. The van der Waals surface area contributed by atoms with E-state index in [1.807, 2.05) is 6.07 Å². The van der Waals surface area contributed by atoms with E-state index in [-0.39, 0.29) is 5.95 Å². The summed E-state index contributed by atoms with van der Waals surface area (Å²) in [7, 11) is 3.12. The molecule has 1 aromatic heterocycles. The van der Waals surface area contributed by atoms with E-state index >= 15 is 0 Å². The van der Waals surface area contributed by atoms with Crippen LogP contribution in [-0.2, 0) is 6.42 Å². The van der Waals surface area contributed by atoms with Crippen LogP contribution in [0, 0.1) is 0 Å². The highest BCUT2D eigenvalue weighted by molar-refractivity contribution is 6.32. The van der Waals surface area contributed by atoms with Crippen molar-refractivity contribution in [3.63, 3.8) is 0 Å². The van der Waals surface area contributed by atoms with Gasteiger partial charge in [0, 0.05) is 24.2 Å². The quantitative estimate of drug-likeness (QED) is 0.894. The van der Waals surface area contributed by atoms with E-state index in [0.717, 1.165) is 11.1 Å². The summed E-state index contributed by atoms with van der Waals surface area (Å²) in [6.45, 7) is 0. The third-order valence-electron chi connectivity index (χ3n) is 2.84. The van der Waals surface area contributed by atoms with Gasteiger partial charge in [0.1, 0.15) is 17.3 Å². The van der Waals surface area contributed by atoms with Gasteiger partial charge in [0.05, 0.1) is 19.2 Å². The van der Waals surface area contributed by atoms with E-state index in [1.165, 1.54) is 0 Å². The van der Waals surface area contributed by atoms with Crippen LogP contribution in [0.5, 0.6) is 11.5 Å². The Balaban J connectivity index is 2.42. The fraction of sp³-hybridized carbons (Fsp3) is 0.231. The lowest BCUT2D eigenvalue weighted by molar-refractivity contribution is 0.393. The number of anilines is 2. The molecule has 1 heterocycles. The second-order valence-electron chi connectivity index (χ2n) is 4.12. The average Bonchev–Trinajstić information content (AvgIpc) is 2.43. The third kappa shape index (κ3) is 2.85. The summed E-state index contributed by atoms with van der Waals surface area (Å²) in [5, 5.41) is 0.504. The summed E-state index contributed by atoms with van der Waals surface area (Å²) in [6, 6.07) is 3.54. The largest absolute Gasteiger partial charge is 0.497 e. The Hall–Kier alpha value is -2.21. The van der Waals surface area contributed by atoms with Crippen molar-refractivity contribution in [2.24, 2.45) is 0 Å². The first-order chi connectivity index (χ1) is 9.55. The van der Waals surface area contributed by atoms with Crippen LogP contribution in [0.25, 0.3) is 0 Å². The molecule has 2 aromatic rings. The molecule has 0 aliphatic rings. The van der Waals surface area contributed by atoms with Crippen molar-refractivity contribution in [1.82, 2.24) is 9.97 Å². The van der Waals surface area contributed by atoms with Crippen LogP contribution in [0.1, 0.15) is 11.1 Å². The topological polar surface area (TPSA) is 96.3 Å². The van der Waals surface area contributed by atoms with Gasteiger partial charge in [-0.3, -0.25) is 0 Å². The van der Waals surface area contributed by atoms with Gasteiger partial charge in [-0.15, -0.1) is 0 Å². The van der Waals surface area contributed by atoms with Gasteiger partial charge in [-0.25, -0.2) is 4.98 Å². The lowest BCUT2D eigenvalue weighted by Crippen LogP contribution is -2.04. The van der Waals surface area contributed by atoms with Crippen LogP contribution in [-0.4, -0.2) is 24.2 Å². The number of nitrogen functional groups attached to an aromatic ring is 2. The van der Waals surface area contributed by atoms with Crippen LogP contribution in [0.4, 0.5) is 11.8 Å². The number of nitrogens with zero attached hydrogens (tertiary/aromatic N) is 2. The Morgan fingerprint density at radius 2 is 1.90 bits per heavy atom. The molecule has 1 aromatic carbocycles. The molecule has 20 heavy (non-hydrogen) atoms. The molecule has 0 aliphatic heterocycles. The van der Waals surface area contributed by atoms with E-state index in [0.29, 0.717) is 28.8 Å².